The van der Waals surface area contributed by atoms with Gasteiger partial charge in [-0.05, 0) is 17.7 Å². The van der Waals surface area contributed by atoms with Crippen molar-refractivity contribution in [2.24, 2.45) is 0 Å². The van der Waals surface area contributed by atoms with Crippen LogP contribution in [0.2, 0.25) is 0 Å². The van der Waals surface area contributed by atoms with Crippen molar-refractivity contribution in [3.05, 3.63) is 41.5 Å². The number of hydrogen-bond acceptors (Lipinski definition) is 3. The molecule has 0 atom stereocenters. The Kier molecular flexibility index (Phi) is 3.45. The molecule has 0 bridgehead atoms. The molecule has 3 heteroatoms. The first kappa shape index (κ1) is 10.0. The highest BCUT2D eigenvalue weighted by atomic mass is 16.5. The van der Waals surface area contributed by atoms with Gasteiger partial charge in [0.2, 0.25) is 0 Å². The fourth-order valence-electron chi connectivity index (χ4n) is 1.07. The zero-order valence-electron chi connectivity index (χ0n) is 7.73. The Morgan fingerprint density at radius 2 is 2.21 bits per heavy atom. The van der Waals surface area contributed by atoms with E-state index in [9.17, 15) is 4.79 Å². The summed E-state index contributed by atoms with van der Waals surface area (Å²) < 4.78 is 4.60. The Morgan fingerprint density at radius 3 is 2.86 bits per heavy atom. The van der Waals surface area contributed by atoms with Crippen molar-refractivity contribution in [3.63, 3.8) is 0 Å². The van der Waals surface area contributed by atoms with Crippen molar-refractivity contribution < 1.29 is 9.53 Å². The van der Waals surface area contributed by atoms with Crippen LogP contribution in [0.4, 0.5) is 0 Å². The monoisotopic (exact) mass is 187 g/mol. The zero-order chi connectivity index (χ0) is 10.4. The first-order valence-corrected chi connectivity index (χ1v) is 4.03. The molecule has 0 radical (unpaired) electrons. The summed E-state index contributed by atoms with van der Waals surface area (Å²) in [6, 6.07) is 8.81. The summed E-state index contributed by atoms with van der Waals surface area (Å²) in [6.45, 7) is 0. The second-order valence-electron chi connectivity index (χ2n) is 2.54. The van der Waals surface area contributed by atoms with E-state index in [-0.39, 0.29) is 0 Å². The van der Waals surface area contributed by atoms with Crippen molar-refractivity contribution in [3.8, 4) is 6.07 Å². The molecule has 0 unspecified atom stereocenters. The third-order valence-corrected chi connectivity index (χ3v) is 1.70. The molecule has 1 rings (SSSR count). The SMILES string of the molecule is COC(=O)c1ccccc1/C=C/C#N. The first-order valence-electron chi connectivity index (χ1n) is 4.03. The number of carbonyl (C=O) groups excluding carboxylic acids is 1. The van der Waals surface area contributed by atoms with Crippen LogP contribution in [0.15, 0.2) is 30.3 Å². The minimum Gasteiger partial charge on any atom is -0.465 e. The lowest BCUT2D eigenvalue weighted by Crippen LogP contribution is -2.02. The molecule has 0 saturated carbocycles. The van der Waals surface area contributed by atoms with Gasteiger partial charge in [-0.15, -0.1) is 0 Å². The van der Waals surface area contributed by atoms with E-state index in [4.69, 9.17) is 5.26 Å². The van der Waals surface area contributed by atoms with Gasteiger partial charge in [-0.1, -0.05) is 18.2 Å². The largest absolute Gasteiger partial charge is 0.465 e. The standard InChI is InChI=1S/C11H9NO2/c1-14-11(13)10-7-3-2-5-9(10)6-4-8-12/h2-7H,1H3/b6-4+. The van der Waals surface area contributed by atoms with Crippen LogP contribution < -0.4 is 0 Å². The lowest BCUT2D eigenvalue weighted by atomic mass is 10.1. The van der Waals surface area contributed by atoms with Crippen LogP contribution in [-0.2, 0) is 4.74 Å². The summed E-state index contributed by atoms with van der Waals surface area (Å²) in [4.78, 5) is 11.3. The maximum absolute atomic E-state index is 11.3. The number of nitrogens with zero attached hydrogens (tertiary/aromatic N) is 1. The normalized spacial score (nSPS) is 9.71. The van der Waals surface area contributed by atoms with Crippen molar-refractivity contribution >= 4 is 12.0 Å². The molecule has 0 aromatic heterocycles. The molecule has 0 spiro atoms. The topological polar surface area (TPSA) is 50.1 Å². The molecule has 1 aromatic carbocycles. The van der Waals surface area contributed by atoms with Gasteiger partial charge in [-0.25, -0.2) is 4.79 Å². The number of carbonyl (C=O) groups is 1. The summed E-state index contributed by atoms with van der Waals surface area (Å²) in [6.07, 6.45) is 2.90. The molecule has 0 amide bonds. The molecule has 0 aliphatic heterocycles. The van der Waals surface area contributed by atoms with E-state index in [0.717, 1.165) is 0 Å². The summed E-state index contributed by atoms with van der Waals surface area (Å²) >= 11 is 0. The highest BCUT2D eigenvalue weighted by molar-refractivity contribution is 5.93. The molecule has 0 fully saturated rings. The smallest absolute Gasteiger partial charge is 0.338 e. The lowest BCUT2D eigenvalue weighted by Gasteiger charge is -2.02. The van der Waals surface area contributed by atoms with E-state index in [2.05, 4.69) is 4.74 Å². The van der Waals surface area contributed by atoms with Crippen LogP contribution >= 0.6 is 0 Å². The average molecular weight is 187 g/mol. The van der Waals surface area contributed by atoms with Crippen molar-refractivity contribution in [2.45, 2.75) is 0 Å². The summed E-state index contributed by atoms with van der Waals surface area (Å²) in [7, 11) is 1.33. The molecule has 3 nitrogen and oxygen atoms in total. The molecule has 1 aromatic rings. The van der Waals surface area contributed by atoms with Crippen molar-refractivity contribution in [1.82, 2.24) is 0 Å². The first-order chi connectivity index (χ1) is 6.79. The van der Waals surface area contributed by atoms with Crippen LogP contribution in [0.3, 0.4) is 0 Å². The summed E-state index contributed by atoms with van der Waals surface area (Å²) in [5, 5.41) is 8.36. The molecule has 0 heterocycles. The number of esters is 1. The van der Waals surface area contributed by atoms with Gasteiger partial charge in [0, 0.05) is 6.08 Å². The number of benzene rings is 1. The predicted molar refractivity (Wildman–Crippen MR) is 52.4 cm³/mol. The minimum absolute atomic E-state index is 0.400. The second kappa shape index (κ2) is 4.83. The van der Waals surface area contributed by atoms with E-state index < -0.39 is 5.97 Å². The highest BCUT2D eigenvalue weighted by Gasteiger charge is 2.07. The second-order valence-corrected chi connectivity index (χ2v) is 2.54. The van der Waals surface area contributed by atoms with Crippen molar-refractivity contribution in [2.75, 3.05) is 7.11 Å². The molecule has 0 aliphatic carbocycles. The molecule has 0 N–H and O–H groups in total. The van der Waals surface area contributed by atoms with Gasteiger partial charge in [0.05, 0.1) is 18.7 Å². The Hall–Kier alpha value is -2.08. The minimum atomic E-state index is -0.400. The number of methoxy groups -OCH3 is 1. The number of ether oxygens (including phenoxy) is 1. The Balaban J connectivity index is 3.10. The molecule has 14 heavy (non-hydrogen) atoms. The van der Waals surface area contributed by atoms with Crippen LogP contribution in [0.5, 0.6) is 0 Å². The van der Waals surface area contributed by atoms with Gasteiger partial charge in [-0.3, -0.25) is 0 Å². The van der Waals surface area contributed by atoms with Gasteiger partial charge in [0.15, 0.2) is 0 Å². The van der Waals surface area contributed by atoms with E-state index in [1.54, 1.807) is 30.3 Å². The number of nitriles is 1. The Bertz CT molecular complexity index is 402. The maximum Gasteiger partial charge on any atom is 0.338 e. The zero-order valence-corrected chi connectivity index (χ0v) is 7.73. The maximum atomic E-state index is 11.3. The van der Waals surface area contributed by atoms with Gasteiger partial charge in [0.1, 0.15) is 0 Å². The van der Waals surface area contributed by atoms with Crippen LogP contribution in [0, 0.1) is 11.3 Å². The van der Waals surface area contributed by atoms with E-state index in [0.29, 0.717) is 11.1 Å². The average Bonchev–Trinajstić information content (AvgIpc) is 2.25. The highest BCUT2D eigenvalue weighted by Crippen LogP contribution is 2.11. The fourth-order valence-corrected chi connectivity index (χ4v) is 1.07. The third-order valence-electron chi connectivity index (χ3n) is 1.70. The Morgan fingerprint density at radius 1 is 1.50 bits per heavy atom. The van der Waals surface area contributed by atoms with Crippen molar-refractivity contribution in [1.29, 1.82) is 5.26 Å². The number of rotatable bonds is 2. The molecule has 70 valence electrons. The van der Waals surface area contributed by atoms with Gasteiger partial charge >= 0.3 is 5.97 Å². The van der Waals surface area contributed by atoms with Crippen LogP contribution in [-0.4, -0.2) is 13.1 Å². The van der Waals surface area contributed by atoms with Crippen LogP contribution in [0.1, 0.15) is 15.9 Å². The molecule has 0 saturated heterocycles. The predicted octanol–water partition coefficient (Wildman–Crippen LogP) is 2.01. The third kappa shape index (κ3) is 2.20. The fraction of sp³-hybridized carbons (Fsp3) is 0.0909. The molecule has 0 aliphatic rings. The lowest BCUT2D eigenvalue weighted by molar-refractivity contribution is 0.0600. The van der Waals surface area contributed by atoms with E-state index in [1.165, 1.54) is 13.2 Å². The summed E-state index contributed by atoms with van der Waals surface area (Å²) in [5.74, 6) is -0.400. The Labute approximate surface area is 82.2 Å². The number of hydrogen-bond donors (Lipinski definition) is 0. The molecular weight excluding hydrogens is 178 g/mol. The van der Waals surface area contributed by atoms with Crippen LogP contribution in [0.25, 0.3) is 6.08 Å². The number of allylic oxidation sites excluding steroid dienone is 1. The molecular formula is C11H9NO2. The quantitative estimate of drug-likeness (QED) is 0.525. The van der Waals surface area contributed by atoms with Gasteiger partial charge in [-0.2, -0.15) is 5.26 Å². The van der Waals surface area contributed by atoms with Gasteiger partial charge < -0.3 is 4.74 Å². The summed E-state index contributed by atoms with van der Waals surface area (Å²) in [5.41, 5.74) is 1.14. The van der Waals surface area contributed by atoms with E-state index in [1.807, 2.05) is 6.07 Å². The van der Waals surface area contributed by atoms with Gasteiger partial charge in [0.25, 0.3) is 0 Å². The van der Waals surface area contributed by atoms with E-state index >= 15 is 0 Å².